The lowest BCUT2D eigenvalue weighted by Gasteiger charge is -2.01. The van der Waals surface area contributed by atoms with Crippen LogP contribution in [0.25, 0.3) is 0 Å². The zero-order chi connectivity index (χ0) is 12.4. The van der Waals surface area contributed by atoms with E-state index in [-0.39, 0.29) is 12.4 Å². The molecule has 0 amide bonds. The third-order valence-corrected chi connectivity index (χ3v) is 2.74. The van der Waals surface area contributed by atoms with Crippen LogP contribution in [0.1, 0.15) is 13.8 Å². The lowest BCUT2D eigenvalue weighted by atomic mass is 10.4. The Bertz CT molecular complexity index is 332. The van der Waals surface area contributed by atoms with Crippen molar-refractivity contribution in [2.75, 3.05) is 6.61 Å². The van der Waals surface area contributed by atoms with Crippen LogP contribution in [0.2, 0.25) is 0 Å². The van der Waals surface area contributed by atoms with E-state index < -0.39 is 0 Å². The molecule has 2 N–H and O–H groups in total. The third-order valence-electron chi connectivity index (χ3n) is 1.60. The predicted octanol–water partition coefficient (Wildman–Crippen LogP) is 3.70. The van der Waals surface area contributed by atoms with Crippen molar-refractivity contribution in [3.8, 4) is 0 Å². The summed E-state index contributed by atoms with van der Waals surface area (Å²) in [6.45, 7) is 7.28. The van der Waals surface area contributed by atoms with Crippen LogP contribution in [-0.2, 0) is 0 Å². The summed E-state index contributed by atoms with van der Waals surface area (Å²) < 4.78 is 0. The van der Waals surface area contributed by atoms with Crippen LogP contribution in [-0.4, -0.2) is 16.8 Å². The number of hydrogen-bond acceptors (Lipinski definition) is 3. The van der Waals surface area contributed by atoms with Gasteiger partial charge in [0.2, 0.25) is 0 Å². The summed E-state index contributed by atoms with van der Waals surface area (Å²) >= 11 is 1.52. The zero-order valence-corrected chi connectivity index (χ0v) is 10.5. The van der Waals surface area contributed by atoms with E-state index in [0.29, 0.717) is 0 Å². The molecular weight excluding hydrogens is 220 g/mol. The lowest BCUT2D eigenvalue weighted by molar-refractivity contribution is 0.342. The number of aliphatic hydroxyl groups excluding tert-OH is 2. The Morgan fingerprint density at radius 3 is 2.44 bits per heavy atom. The highest BCUT2D eigenvalue weighted by molar-refractivity contribution is 8.07. The Hall–Kier alpha value is -1.19. The molecule has 0 radical (unpaired) electrons. The van der Waals surface area contributed by atoms with E-state index >= 15 is 0 Å². The maximum atomic E-state index is 9.04. The fourth-order valence-corrected chi connectivity index (χ4v) is 1.61. The SMILES string of the molecule is C=C/C(=C\C=C(/C)O)SC(/C=C\CO)=C/C. The van der Waals surface area contributed by atoms with Gasteiger partial charge in [-0.2, -0.15) is 0 Å². The van der Waals surface area contributed by atoms with Gasteiger partial charge in [0, 0.05) is 9.81 Å². The molecule has 0 aromatic heterocycles. The van der Waals surface area contributed by atoms with Gasteiger partial charge in [0.05, 0.1) is 12.4 Å². The minimum atomic E-state index is 0.0285. The molecule has 0 heterocycles. The van der Waals surface area contributed by atoms with Gasteiger partial charge in [-0.05, 0) is 26.0 Å². The second-order valence-corrected chi connectivity index (χ2v) is 4.11. The molecule has 0 aromatic rings. The van der Waals surface area contributed by atoms with Crippen molar-refractivity contribution in [3.05, 3.63) is 58.6 Å². The highest BCUT2D eigenvalue weighted by Crippen LogP contribution is 2.27. The van der Waals surface area contributed by atoms with Crippen LogP contribution in [0.15, 0.2) is 58.6 Å². The van der Waals surface area contributed by atoms with Gasteiger partial charge in [0.25, 0.3) is 0 Å². The fraction of sp³-hybridized carbons (Fsp3) is 0.231. The summed E-state index contributed by atoms with van der Waals surface area (Å²) in [7, 11) is 0. The molecule has 0 aliphatic heterocycles. The van der Waals surface area contributed by atoms with Crippen molar-refractivity contribution in [3.63, 3.8) is 0 Å². The Morgan fingerprint density at radius 2 is 2.00 bits per heavy atom. The smallest absolute Gasteiger partial charge is 0.0892 e. The molecule has 0 aromatic carbocycles. The Balaban J connectivity index is 4.65. The normalized spacial score (nSPS) is 14.6. The first-order valence-electron chi connectivity index (χ1n) is 4.95. The number of hydrogen-bond donors (Lipinski definition) is 2. The monoisotopic (exact) mass is 238 g/mol. The van der Waals surface area contributed by atoms with Crippen LogP contribution in [0.3, 0.4) is 0 Å². The molecule has 3 heteroatoms. The molecule has 0 aliphatic carbocycles. The molecule has 0 saturated carbocycles. The van der Waals surface area contributed by atoms with E-state index in [4.69, 9.17) is 10.2 Å². The average Bonchev–Trinajstić information content (AvgIpc) is 2.28. The van der Waals surface area contributed by atoms with Gasteiger partial charge in [0.15, 0.2) is 0 Å². The van der Waals surface area contributed by atoms with Gasteiger partial charge < -0.3 is 10.2 Å². The molecule has 0 unspecified atom stereocenters. The first-order valence-corrected chi connectivity index (χ1v) is 5.77. The van der Waals surface area contributed by atoms with E-state index in [1.165, 1.54) is 11.8 Å². The maximum Gasteiger partial charge on any atom is 0.0892 e. The van der Waals surface area contributed by atoms with E-state index in [1.807, 2.05) is 19.1 Å². The molecule has 0 saturated heterocycles. The largest absolute Gasteiger partial charge is 0.513 e. The van der Waals surface area contributed by atoms with E-state index in [1.54, 1.807) is 31.2 Å². The number of thioether (sulfide) groups is 1. The van der Waals surface area contributed by atoms with Crippen LogP contribution in [0.4, 0.5) is 0 Å². The number of allylic oxidation sites excluding steroid dienone is 6. The molecule has 0 bridgehead atoms. The van der Waals surface area contributed by atoms with Crippen LogP contribution >= 0.6 is 11.8 Å². The molecule has 2 nitrogen and oxygen atoms in total. The van der Waals surface area contributed by atoms with Crippen molar-refractivity contribution in [2.45, 2.75) is 13.8 Å². The minimum Gasteiger partial charge on any atom is -0.513 e. The summed E-state index contributed by atoms with van der Waals surface area (Å²) in [4.78, 5) is 1.95. The Labute approximate surface area is 101 Å². The molecule has 0 atom stereocenters. The van der Waals surface area contributed by atoms with Crippen LogP contribution < -0.4 is 0 Å². The fourth-order valence-electron chi connectivity index (χ4n) is 0.841. The third kappa shape index (κ3) is 7.15. The standard InChI is InChI=1S/C13H18O2S/c1-4-12(7-6-10-14)16-13(5-2)9-8-11(3)15/h4-9,14-15H,2,10H2,1,3H3/b7-6-,11-8+,12-4+,13-9+. The average molecular weight is 238 g/mol. The Kier molecular flexibility index (Phi) is 8.39. The molecule has 88 valence electrons. The van der Waals surface area contributed by atoms with E-state index in [0.717, 1.165) is 9.81 Å². The molecule has 0 rings (SSSR count). The summed E-state index contributed by atoms with van der Waals surface area (Å²) in [5, 5.41) is 17.7. The summed E-state index contributed by atoms with van der Waals surface area (Å²) in [6.07, 6.45) is 10.6. The first-order chi connectivity index (χ1) is 7.63. The van der Waals surface area contributed by atoms with E-state index in [2.05, 4.69) is 6.58 Å². The van der Waals surface area contributed by atoms with Crippen molar-refractivity contribution in [1.82, 2.24) is 0 Å². The summed E-state index contributed by atoms with van der Waals surface area (Å²) in [5.74, 6) is 0.257. The van der Waals surface area contributed by atoms with Crippen molar-refractivity contribution in [2.24, 2.45) is 0 Å². The summed E-state index contributed by atoms with van der Waals surface area (Å²) in [5.41, 5.74) is 0. The topological polar surface area (TPSA) is 40.5 Å². The maximum absolute atomic E-state index is 9.04. The molecule has 0 fully saturated rings. The number of aliphatic hydroxyl groups is 2. The minimum absolute atomic E-state index is 0.0285. The highest BCUT2D eigenvalue weighted by atomic mass is 32.2. The lowest BCUT2D eigenvalue weighted by Crippen LogP contribution is -1.77. The quantitative estimate of drug-likeness (QED) is 0.547. The number of rotatable bonds is 6. The van der Waals surface area contributed by atoms with Crippen molar-refractivity contribution >= 4 is 11.8 Å². The molecular formula is C13H18O2S. The van der Waals surface area contributed by atoms with Crippen molar-refractivity contribution < 1.29 is 10.2 Å². The van der Waals surface area contributed by atoms with E-state index in [9.17, 15) is 0 Å². The summed E-state index contributed by atoms with van der Waals surface area (Å²) in [6, 6.07) is 0. The Morgan fingerprint density at radius 1 is 1.31 bits per heavy atom. The molecule has 16 heavy (non-hydrogen) atoms. The van der Waals surface area contributed by atoms with Gasteiger partial charge in [-0.1, -0.05) is 42.6 Å². The molecule has 0 spiro atoms. The predicted molar refractivity (Wildman–Crippen MR) is 72.2 cm³/mol. The van der Waals surface area contributed by atoms with Gasteiger partial charge in [-0.15, -0.1) is 0 Å². The highest BCUT2D eigenvalue weighted by Gasteiger charge is 1.95. The first kappa shape index (κ1) is 14.8. The van der Waals surface area contributed by atoms with Crippen molar-refractivity contribution in [1.29, 1.82) is 0 Å². The second kappa shape index (κ2) is 9.07. The van der Waals surface area contributed by atoms with Gasteiger partial charge in [-0.25, -0.2) is 0 Å². The zero-order valence-electron chi connectivity index (χ0n) is 9.68. The van der Waals surface area contributed by atoms with Crippen LogP contribution in [0, 0.1) is 0 Å². The van der Waals surface area contributed by atoms with Gasteiger partial charge in [-0.3, -0.25) is 0 Å². The molecule has 0 aliphatic rings. The van der Waals surface area contributed by atoms with Gasteiger partial charge in [0.1, 0.15) is 0 Å². The van der Waals surface area contributed by atoms with Crippen LogP contribution in [0.5, 0.6) is 0 Å². The second-order valence-electron chi connectivity index (χ2n) is 2.96. The van der Waals surface area contributed by atoms with Gasteiger partial charge >= 0.3 is 0 Å².